The van der Waals surface area contributed by atoms with Gasteiger partial charge in [0.15, 0.2) is 0 Å². The van der Waals surface area contributed by atoms with Crippen LogP contribution in [0.15, 0.2) is 54.6 Å². The van der Waals surface area contributed by atoms with Gasteiger partial charge >= 0.3 is 0 Å². The first-order valence-electron chi connectivity index (χ1n) is 9.23. The van der Waals surface area contributed by atoms with E-state index in [1.807, 2.05) is 54.6 Å². The Morgan fingerprint density at radius 2 is 1.85 bits per heavy atom. The van der Waals surface area contributed by atoms with Crippen molar-refractivity contribution in [1.29, 1.82) is 0 Å². The average Bonchev–Trinajstić information content (AvgIpc) is 2.95. The van der Waals surface area contributed by atoms with Crippen molar-refractivity contribution in [2.75, 3.05) is 13.1 Å². The summed E-state index contributed by atoms with van der Waals surface area (Å²) in [5.41, 5.74) is 7.10. The van der Waals surface area contributed by atoms with Gasteiger partial charge in [-0.25, -0.2) is 0 Å². The minimum absolute atomic E-state index is 0.161. The summed E-state index contributed by atoms with van der Waals surface area (Å²) in [6.45, 7) is 6.42. The fourth-order valence-electron chi connectivity index (χ4n) is 4.22. The number of carbonyl (C=O) groups is 1. The number of rotatable bonds is 6. The van der Waals surface area contributed by atoms with Crippen LogP contribution in [0.4, 0.5) is 0 Å². The van der Waals surface area contributed by atoms with Crippen LogP contribution >= 0.6 is 11.6 Å². The first-order valence-corrected chi connectivity index (χ1v) is 9.60. The minimum Gasteiger partial charge on any atom is -0.369 e. The largest absolute Gasteiger partial charge is 0.369 e. The van der Waals surface area contributed by atoms with E-state index < -0.39 is 5.41 Å². The first kappa shape index (κ1) is 18.9. The van der Waals surface area contributed by atoms with Crippen molar-refractivity contribution in [3.63, 3.8) is 0 Å². The maximum absolute atomic E-state index is 12.9. The fraction of sp³-hybridized carbons (Fsp3) is 0.409. The predicted octanol–water partition coefficient (Wildman–Crippen LogP) is 4.38. The number of hydrogen-bond donors (Lipinski definition) is 1. The van der Waals surface area contributed by atoms with Crippen LogP contribution in [0.1, 0.15) is 44.2 Å². The third-order valence-corrected chi connectivity index (χ3v) is 6.07. The molecule has 26 heavy (non-hydrogen) atoms. The van der Waals surface area contributed by atoms with Crippen molar-refractivity contribution in [2.45, 2.75) is 44.1 Å². The molecule has 1 fully saturated rings. The summed E-state index contributed by atoms with van der Waals surface area (Å²) in [6.07, 6.45) is 3.01. The number of amides is 1. The first-order chi connectivity index (χ1) is 12.4. The molecule has 1 amide bonds. The van der Waals surface area contributed by atoms with E-state index >= 15 is 0 Å². The summed E-state index contributed by atoms with van der Waals surface area (Å²) in [4.78, 5) is 15.3. The Balaban J connectivity index is 2.04. The molecule has 138 valence electrons. The summed E-state index contributed by atoms with van der Waals surface area (Å²) >= 11 is 6.25. The number of nitrogens with two attached hydrogens (primary N) is 1. The smallest absolute Gasteiger partial charge is 0.232 e. The molecule has 3 nitrogen and oxygen atoms in total. The molecule has 0 radical (unpaired) electrons. The van der Waals surface area contributed by atoms with Crippen molar-refractivity contribution in [3.05, 3.63) is 70.7 Å². The second-order valence-corrected chi connectivity index (χ2v) is 8.24. The molecular formula is C22H27ClN2O. The predicted molar refractivity (Wildman–Crippen MR) is 107 cm³/mol. The van der Waals surface area contributed by atoms with Crippen molar-refractivity contribution in [3.8, 4) is 0 Å². The summed E-state index contributed by atoms with van der Waals surface area (Å²) in [6, 6.07) is 17.4. The van der Waals surface area contributed by atoms with Gasteiger partial charge in [-0.2, -0.15) is 0 Å². The second-order valence-electron chi connectivity index (χ2n) is 7.80. The quantitative estimate of drug-likeness (QED) is 0.820. The Morgan fingerprint density at radius 3 is 2.42 bits per heavy atom. The standard InChI is InChI=1S/C22H27ClN2O/c1-21(2)12-7-14-25(21)15-13-22(20(24)26,17-8-4-3-5-9-17)18-10-6-11-19(23)16-18/h3-6,8-11,16H,7,12-15H2,1-2H3,(H2,24,26). The van der Waals surface area contributed by atoms with Gasteiger partial charge in [-0.1, -0.05) is 54.1 Å². The molecule has 1 atom stereocenters. The number of likely N-dealkylation sites (tertiary alicyclic amines) is 1. The van der Waals surface area contributed by atoms with Crippen LogP contribution < -0.4 is 5.73 Å². The van der Waals surface area contributed by atoms with Gasteiger partial charge in [0, 0.05) is 17.1 Å². The molecule has 0 aromatic heterocycles. The number of primary amides is 1. The molecule has 1 aliphatic rings. The van der Waals surface area contributed by atoms with E-state index in [1.165, 1.54) is 12.8 Å². The Morgan fingerprint density at radius 1 is 1.15 bits per heavy atom. The topological polar surface area (TPSA) is 46.3 Å². The van der Waals surface area contributed by atoms with Crippen molar-refractivity contribution in [1.82, 2.24) is 4.90 Å². The SMILES string of the molecule is CC1(C)CCCN1CCC(C(N)=O)(c1ccccc1)c1cccc(Cl)c1. The Kier molecular flexibility index (Phi) is 5.40. The Hall–Kier alpha value is -1.84. The van der Waals surface area contributed by atoms with Gasteiger partial charge < -0.3 is 5.73 Å². The number of hydrogen-bond acceptors (Lipinski definition) is 2. The van der Waals surface area contributed by atoms with E-state index in [4.69, 9.17) is 17.3 Å². The van der Waals surface area contributed by atoms with Crippen LogP contribution in [-0.2, 0) is 10.2 Å². The average molecular weight is 371 g/mol. The summed E-state index contributed by atoms with van der Waals surface area (Å²) < 4.78 is 0. The van der Waals surface area contributed by atoms with E-state index in [9.17, 15) is 4.79 Å². The van der Waals surface area contributed by atoms with Gasteiger partial charge in [-0.05, 0) is 62.9 Å². The molecule has 0 spiro atoms. The van der Waals surface area contributed by atoms with Gasteiger partial charge in [0.05, 0.1) is 5.41 Å². The normalized spacial score (nSPS) is 19.2. The maximum Gasteiger partial charge on any atom is 0.232 e. The molecule has 0 bridgehead atoms. The Bertz CT molecular complexity index is 775. The highest BCUT2D eigenvalue weighted by Crippen LogP contribution is 2.38. The fourth-order valence-corrected chi connectivity index (χ4v) is 4.41. The van der Waals surface area contributed by atoms with Crippen molar-refractivity contribution < 1.29 is 4.79 Å². The molecule has 2 aromatic rings. The van der Waals surface area contributed by atoms with E-state index in [0.29, 0.717) is 11.4 Å². The molecule has 1 unspecified atom stereocenters. The molecular weight excluding hydrogens is 344 g/mol. The van der Waals surface area contributed by atoms with Crippen LogP contribution in [0, 0.1) is 0 Å². The lowest BCUT2D eigenvalue weighted by molar-refractivity contribution is -0.122. The van der Waals surface area contributed by atoms with Gasteiger partial charge in [0.2, 0.25) is 5.91 Å². The number of carbonyl (C=O) groups excluding carboxylic acids is 1. The molecule has 1 saturated heterocycles. The van der Waals surface area contributed by atoms with Gasteiger partial charge in [-0.15, -0.1) is 0 Å². The molecule has 2 aromatic carbocycles. The number of benzene rings is 2. The molecule has 1 aliphatic heterocycles. The van der Waals surface area contributed by atoms with Crippen LogP contribution in [0.3, 0.4) is 0 Å². The zero-order valence-corrected chi connectivity index (χ0v) is 16.3. The lowest BCUT2D eigenvalue weighted by Crippen LogP contribution is -2.47. The zero-order valence-electron chi connectivity index (χ0n) is 15.5. The highest BCUT2D eigenvalue weighted by molar-refractivity contribution is 6.30. The van der Waals surface area contributed by atoms with Crippen LogP contribution in [0.25, 0.3) is 0 Å². The van der Waals surface area contributed by atoms with Gasteiger partial charge in [0.25, 0.3) is 0 Å². The number of nitrogens with zero attached hydrogens (tertiary/aromatic N) is 1. The molecule has 0 saturated carbocycles. The monoisotopic (exact) mass is 370 g/mol. The van der Waals surface area contributed by atoms with Gasteiger partial charge in [0.1, 0.15) is 0 Å². The number of halogens is 1. The molecule has 4 heteroatoms. The zero-order chi connectivity index (χ0) is 18.8. The van der Waals surface area contributed by atoms with E-state index in [-0.39, 0.29) is 11.4 Å². The third-order valence-electron chi connectivity index (χ3n) is 5.83. The summed E-state index contributed by atoms with van der Waals surface area (Å²) in [5, 5.41) is 0.616. The lowest BCUT2D eigenvalue weighted by atomic mass is 9.71. The molecule has 3 rings (SSSR count). The highest BCUT2D eigenvalue weighted by Gasteiger charge is 2.42. The van der Waals surface area contributed by atoms with Crippen molar-refractivity contribution >= 4 is 17.5 Å². The summed E-state index contributed by atoms with van der Waals surface area (Å²) in [5.74, 6) is -0.331. The highest BCUT2D eigenvalue weighted by atomic mass is 35.5. The molecule has 0 aliphatic carbocycles. The van der Waals surface area contributed by atoms with Crippen LogP contribution in [0.2, 0.25) is 5.02 Å². The second kappa shape index (κ2) is 7.42. The minimum atomic E-state index is -0.884. The molecule has 2 N–H and O–H groups in total. The van der Waals surface area contributed by atoms with E-state index in [1.54, 1.807) is 0 Å². The van der Waals surface area contributed by atoms with Crippen LogP contribution in [0.5, 0.6) is 0 Å². The van der Waals surface area contributed by atoms with Gasteiger partial charge in [-0.3, -0.25) is 9.69 Å². The maximum atomic E-state index is 12.9. The van der Waals surface area contributed by atoms with E-state index in [0.717, 1.165) is 24.2 Å². The summed E-state index contributed by atoms with van der Waals surface area (Å²) in [7, 11) is 0. The lowest BCUT2D eigenvalue weighted by Gasteiger charge is -2.37. The van der Waals surface area contributed by atoms with Crippen LogP contribution in [-0.4, -0.2) is 29.4 Å². The Labute approximate surface area is 161 Å². The third kappa shape index (κ3) is 3.51. The molecule has 1 heterocycles. The van der Waals surface area contributed by atoms with Crippen molar-refractivity contribution in [2.24, 2.45) is 5.73 Å². The van der Waals surface area contributed by atoms with E-state index in [2.05, 4.69) is 18.7 Å².